The molecule has 3 aromatic rings. The summed E-state index contributed by atoms with van der Waals surface area (Å²) in [6.45, 7) is -1.43. The number of halogens is 4. The number of aromatic amines is 1. The molecule has 0 saturated heterocycles. The van der Waals surface area contributed by atoms with E-state index in [9.17, 15) is 27.6 Å². The van der Waals surface area contributed by atoms with Crippen LogP contribution in [0.2, 0.25) is 5.02 Å². The van der Waals surface area contributed by atoms with E-state index >= 15 is 0 Å². The number of hydrogen-bond acceptors (Lipinski definition) is 4. The normalized spacial score (nSPS) is 11.8. The van der Waals surface area contributed by atoms with E-state index in [2.05, 4.69) is 15.0 Å². The first kappa shape index (κ1) is 24.8. The fourth-order valence-electron chi connectivity index (χ4n) is 3.36. The monoisotopic (exact) mass is 494 g/mol. The van der Waals surface area contributed by atoms with Gasteiger partial charge in [0.05, 0.1) is 17.2 Å². The first-order valence-electron chi connectivity index (χ1n) is 9.91. The number of nitrogens with one attached hydrogen (secondary N) is 2. The van der Waals surface area contributed by atoms with Crippen LogP contribution in [0.5, 0.6) is 5.75 Å². The highest BCUT2D eigenvalue weighted by Crippen LogP contribution is 2.32. The predicted molar refractivity (Wildman–Crippen MR) is 119 cm³/mol. The summed E-state index contributed by atoms with van der Waals surface area (Å²) in [6, 6.07) is 8.20. The van der Waals surface area contributed by atoms with Crippen molar-refractivity contribution in [2.45, 2.75) is 25.9 Å². The second kappa shape index (κ2) is 10.4. The van der Waals surface area contributed by atoms with Crippen LogP contribution in [0, 0.1) is 5.82 Å². The highest BCUT2D eigenvalue weighted by Gasteiger charge is 2.23. The van der Waals surface area contributed by atoms with E-state index in [1.807, 2.05) is 0 Å². The number of aromatic carboxylic acids is 1. The summed E-state index contributed by atoms with van der Waals surface area (Å²) in [4.78, 5) is 39.3. The maximum absolute atomic E-state index is 13.9. The number of aromatic nitrogens is 1. The quantitative estimate of drug-likeness (QED) is 0.395. The maximum atomic E-state index is 13.9. The molecule has 1 aromatic heterocycles. The van der Waals surface area contributed by atoms with Gasteiger partial charge < -0.3 is 20.1 Å². The van der Waals surface area contributed by atoms with E-state index in [1.54, 1.807) is 6.92 Å². The highest BCUT2D eigenvalue weighted by atomic mass is 35.5. The molecule has 0 saturated carbocycles. The molecule has 3 N–H and O–H groups in total. The first-order chi connectivity index (χ1) is 16.1. The van der Waals surface area contributed by atoms with Crippen LogP contribution in [-0.2, 0) is 4.79 Å². The standard InChI is InChI=1S/C23H18ClF3N2O5/c1-2-13(21(31)29-12-4-5-14(22(32)33)17(25)8-12)16-10-28-18(9-19(16)30)15-7-11(24)3-6-20(15)34-23(26)27/h3-10,13,23H,2H2,1H3,(H,28,30)(H,29,31)(H,32,33). The Morgan fingerprint density at radius 3 is 2.50 bits per heavy atom. The molecule has 34 heavy (non-hydrogen) atoms. The number of carboxylic acid groups (broad SMARTS) is 1. The van der Waals surface area contributed by atoms with Gasteiger partial charge in [-0.05, 0) is 42.8 Å². The zero-order chi connectivity index (χ0) is 25.0. The first-order valence-corrected chi connectivity index (χ1v) is 10.3. The summed E-state index contributed by atoms with van der Waals surface area (Å²) in [6.07, 6.45) is 1.49. The number of carboxylic acids is 1. The Balaban J connectivity index is 1.89. The number of rotatable bonds is 8. The van der Waals surface area contributed by atoms with Crippen LogP contribution >= 0.6 is 11.6 Å². The molecule has 1 amide bonds. The summed E-state index contributed by atoms with van der Waals surface area (Å²) in [7, 11) is 0. The van der Waals surface area contributed by atoms with Gasteiger partial charge in [0.1, 0.15) is 11.6 Å². The number of H-pyrrole nitrogens is 1. The zero-order valence-electron chi connectivity index (χ0n) is 17.6. The SMILES string of the molecule is CCC(C(=O)Nc1ccc(C(=O)O)c(F)c1)c1c[nH]c(-c2cc(Cl)ccc2OC(F)F)cc1=O. The van der Waals surface area contributed by atoms with Gasteiger partial charge in [-0.25, -0.2) is 9.18 Å². The zero-order valence-corrected chi connectivity index (χ0v) is 18.3. The van der Waals surface area contributed by atoms with Gasteiger partial charge in [0, 0.05) is 34.1 Å². The minimum absolute atomic E-state index is 0.0201. The molecule has 2 aromatic carbocycles. The van der Waals surface area contributed by atoms with E-state index in [-0.39, 0.29) is 39.7 Å². The van der Waals surface area contributed by atoms with Crippen molar-refractivity contribution in [3.05, 3.63) is 80.9 Å². The van der Waals surface area contributed by atoms with Crippen molar-refractivity contribution in [3.8, 4) is 17.0 Å². The molecule has 0 bridgehead atoms. The lowest BCUT2D eigenvalue weighted by atomic mass is 9.95. The van der Waals surface area contributed by atoms with Crippen molar-refractivity contribution in [1.29, 1.82) is 0 Å². The van der Waals surface area contributed by atoms with Gasteiger partial charge in [0.15, 0.2) is 5.43 Å². The number of amides is 1. The molecule has 178 valence electrons. The van der Waals surface area contributed by atoms with Crippen molar-refractivity contribution < 1.29 is 32.6 Å². The lowest BCUT2D eigenvalue weighted by Gasteiger charge is -2.16. The van der Waals surface area contributed by atoms with Gasteiger partial charge in [-0.15, -0.1) is 0 Å². The minimum Gasteiger partial charge on any atom is -0.478 e. The number of anilines is 1. The van der Waals surface area contributed by atoms with Crippen molar-refractivity contribution in [2.24, 2.45) is 0 Å². The lowest BCUT2D eigenvalue weighted by Crippen LogP contribution is -2.25. The smallest absolute Gasteiger partial charge is 0.387 e. The van der Waals surface area contributed by atoms with Crippen LogP contribution in [0.1, 0.15) is 35.2 Å². The minimum atomic E-state index is -3.09. The molecule has 0 spiro atoms. The molecule has 0 aliphatic carbocycles. The number of carbonyl (C=O) groups is 2. The van der Waals surface area contributed by atoms with Gasteiger partial charge in [-0.3, -0.25) is 9.59 Å². The van der Waals surface area contributed by atoms with Crippen molar-refractivity contribution >= 4 is 29.2 Å². The summed E-state index contributed by atoms with van der Waals surface area (Å²) in [5, 5.41) is 11.6. The Kier molecular flexibility index (Phi) is 7.62. The van der Waals surface area contributed by atoms with Crippen LogP contribution in [0.4, 0.5) is 18.9 Å². The Morgan fingerprint density at radius 2 is 1.91 bits per heavy atom. The molecule has 0 radical (unpaired) electrons. The van der Waals surface area contributed by atoms with E-state index in [1.165, 1.54) is 30.5 Å². The van der Waals surface area contributed by atoms with Crippen molar-refractivity contribution in [2.75, 3.05) is 5.32 Å². The van der Waals surface area contributed by atoms with Crippen molar-refractivity contribution in [1.82, 2.24) is 4.98 Å². The average Bonchev–Trinajstić information content (AvgIpc) is 2.76. The fourth-order valence-corrected chi connectivity index (χ4v) is 3.54. The highest BCUT2D eigenvalue weighted by molar-refractivity contribution is 6.31. The van der Waals surface area contributed by atoms with Gasteiger partial charge in [-0.2, -0.15) is 8.78 Å². The van der Waals surface area contributed by atoms with E-state index in [0.717, 1.165) is 18.2 Å². The van der Waals surface area contributed by atoms with Crippen LogP contribution in [0.15, 0.2) is 53.5 Å². The van der Waals surface area contributed by atoms with Gasteiger partial charge in [-0.1, -0.05) is 18.5 Å². The van der Waals surface area contributed by atoms with E-state index in [0.29, 0.717) is 0 Å². The summed E-state index contributed by atoms with van der Waals surface area (Å²) >= 11 is 5.96. The topological polar surface area (TPSA) is 108 Å². The van der Waals surface area contributed by atoms with E-state index in [4.69, 9.17) is 16.7 Å². The molecule has 3 rings (SSSR count). The maximum Gasteiger partial charge on any atom is 0.387 e. The van der Waals surface area contributed by atoms with Crippen molar-refractivity contribution in [3.63, 3.8) is 0 Å². The molecular weight excluding hydrogens is 477 g/mol. The Bertz CT molecular complexity index is 1300. The lowest BCUT2D eigenvalue weighted by molar-refractivity contribution is -0.117. The van der Waals surface area contributed by atoms with Crippen LogP contribution in [0.25, 0.3) is 11.3 Å². The second-order valence-corrected chi connectivity index (χ2v) is 7.57. The number of carbonyl (C=O) groups excluding carboxylic acids is 1. The van der Waals surface area contributed by atoms with E-state index < -0.39 is 41.2 Å². The third kappa shape index (κ3) is 5.57. The van der Waals surface area contributed by atoms with Gasteiger partial charge in [0.2, 0.25) is 5.91 Å². The molecule has 7 nitrogen and oxygen atoms in total. The second-order valence-electron chi connectivity index (χ2n) is 7.14. The van der Waals surface area contributed by atoms with Crippen LogP contribution in [-0.4, -0.2) is 28.6 Å². The molecule has 0 aliphatic heterocycles. The van der Waals surface area contributed by atoms with Crippen LogP contribution in [0.3, 0.4) is 0 Å². The third-order valence-corrected chi connectivity index (χ3v) is 5.19. The Hall–Kier alpha value is -3.79. The molecular formula is C23H18ClF3N2O5. The summed E-state index contributed by atoms with van der Waals surface area (Å²) in [5.41, 5.74) is -0.715. The van der Waals surface area contributed by atoms with Crippen LogP contribution < -0.4 is 15.5 Å². The summed E-state index contributed by atoms with van der Waals surface area (Å²) < 4.78 is 43.9. The largest absolute Gasteiger partial charge is 0.478 e. The number of hydrogen-bond donors (Lipinski definition) is 3. The summed E-state index contributed by atoms with van der Waals surface area (Å²) in [5.74, 6) is -4.22. The van der Waals surface area contributed by atoms with Gasteiger partial charge >= 0.3 is 12.6 Å². The fraction of sp³-hybridized carbons (Fsp3) is 0.174. The predicted octanol–water partition coefficient (Wildman–Crippen LogP) is 5.27. The molecule has 0 fully saturated rings. The molecule has 1 unspecified atom stereocenters. The number of pyridine rings is 1. The van der Waals surface area contributed by atoms with Gasteiger partial charge in [0.25, 0.3) is 0 Å². The average molecular weight is 495 g/mol. The number of benzene rings is 2. The number of ether oxygens (including phenoxy) is 1. The molecule has 0 aliphatic rings. The molecule has 1 atom stereocenters. The Morgan fingerprint density at radius 1 is 1.18 bits per heavy atom. The molecule has 1 heterocycles. The number of alkyl halides is 2. The Labute approximate surface area is 196 Å². The third-order valence-electron chi connectivity index (χ3n) is 4.96. The molecule has 11 heteroatoms.